The van der Waals surface area contributed by atoms with Crippen molar-refractivity contribution in [3.05, 3.63) is 0 Å². The Morgan fingerprint density at radius 3 is 1.93 bits per heavy atom. The van der Waals surface area contributed by atoms with Gasteiger partial charge in [-0.3, -0.25) is 0 Å². The van der Waals surface area contributed by atoms with Gasteiger partial charge in [0.1, 0.15) is 48.8 Å². The third-order valence-electron chi connectivity index (χ3n) is 4.38. The molecule has 3 rings (SSSR count). The van der Waals surface area contributed by atoms with Gasteiger partial charge in [-0.25, -0.2) is 0 Å². The second-order valence-electron chi connectivity index (χ2n) is 6.83. The minimum atomic E-state index is -1.22. The second kappa shape index (κ2) is 12.5. The van der Waals surface area contributed by atoms with Crippen LogP contribution < -0.4 is 0 Å². The van der Waals surface area contributed by atoms with Crippen molar-refractivity contribution >= 4 is 12.4 Å². The van der Waals surface area contributed by atoms with E-state index in [0.29, 0.717) is 6.61 Å². The summed E-state index contributed by atoms with van der Waals surface area (Å²) in [7, 11) is 1.00. The zero-order chi connectivity index (χ0) is 20.8. The van der Waals surface area contributed by atoms with E-state index in [4.69, 9.17) is 44.5 Å². The molecule has 0 saturated carbocycles. The van der Waals surface area contributed by atoms with Gasteiger partial charge >= 0.3 is 0 Å². The number of halogens is 1. The molecule has 0 bridgehead atoms. The van der Waals surface area contributed by atoms with Crippen LogP contribution in [0.3, 0.4) is 0 Å². The molecule has 3 aliphatic heterocycles. The average molecular weight is 437 g/mol. The van der Waals surface area contributed by atoms with Gasteiger partial charge in [0.15, 0.2) is 5.79 Å². The summed E-state index contributed by atoms with van der Waals surface area (Å²) in [6.07, 6.45) is -6.81. The Labute approximate surface area is 169 Å². The van der Waals surface area contributed by atoms with E-state index in [1.807, 2.05) is 0 Å². The lowest BCUT2D eigenvalue weighted by molar-refractivity contribution is -0.346. The summed E-state index contributed by atoms with van der Waals surface area (Å²) in [4.78, 5) is 0. The van der Waals surface area contributed by atoms with Gasteiger partial charge < -0.3 is 54.7 Å². The largest absolute Gasteiger partial charge is 0.400 e. The number of fused-ring (bicyclic) bond motifs is 1. The van der Waals surface area contributed by atoms with E-state index in [0.717, 1.165) is 7.11 Å². The molecular weight excluding hydrogens is 404 g/mol. The molecule has 28 heavy (non-hydrogen) atoms. The van der Waals surface area contributed by atoms with E-state index in [2.05, 4.69) is 0 Å². The van der Waals surface area contributed by atoms with Crippen molar-refractivity contribution in [1.82, 2.24) is 0 Å². The summed E-state index contributed by atoms with van der Waals surface area (Å²) in [6, 6.07) is 0. The van der Waals surface area contributed by atoms with Crippen molar-refractivity contribution in [2.45, 2.75) is 68.5 Å². The highest BCUT2D eigenvalue weighted by Gasteiger charge is 2.46. The highest BCUT2D eigenvalue weighted by molar-refractivity contribution is 5.85. The Balaban J connectivity index is 0.000000474. The van der Waals surface area contributed by atoms with Gasteiger partial charge in [0, 0.05) is 7.11 Å². The molecule has 0 aromatic heterocycles. The van der Waals surface area contributed by atoms with Crippen LogP contribution in [0.25, 0.3) is 0 Å². The molecule has 3 saturated heterocycles. The molecule has 11 nitrogen and oxygen atoms in total. The number of rotatable bonds is 1. The zero-order valence-corrected chi connectivity index (χ0v) is 16.9. The predicted octanol–water partition coefficient (Wildman–Crippen LogP) is -3.25. The predicted molar refractivity (Wildman–Crippen MR) is 96.9 cm³/mol. The maximum Gasteiger partial charge on any atom is 0.163 e. The normalized spacial score (nSPS) is 41.8. The van der Waals surface area contributed by atoms with Crippen molar-refractivity contribution in [3.8, 4) is 0 Å². The van der Waals surface area contributed by atoms with E-state index in [1.165, 1.54) is 0 Å². The number of hydrogen-bond acceptors (Lipinski definition) is 11. The van der Waals surface area contributed by atoms with E-state index in [9.17, 15) is 10.2 Å². The number of hydrogen-bond donors (Lipinski definition) is 7. The zero-order valence-electron chi connectivity index (χ0n) is 16.1. The minimum Gasteiger partial charge on any atom is -0.400 e. The monoisotopic (exact) mass is 436 g/mol. The topological polar surface area (TPSA) is 179 Å². The summed E-state index contributed by atoms with van der Waals surface area (Å²) in [6.45, 7) is 3.67. The van der Waals surface area contributed by atoms with Crippen LogP contribution in [0.4, 0.5) is 0 Å². The molecule has 12 heteroatoms. The lowest BCUT2D eigenvalue weighted by atomic mass is 9.99. The highest BCUT2D eigenvalue weighted by Crippen LogP contribution is 2.29. The average Bonchev–Trinajstić information content (AvgIpc) is 2.65. The van der Waals surface area contributed by atoms with E-state index in [1.54, 1.807) is 13.8 Å². The van der Waals surface area contributed by atoms with Gasteiger partial charge in [-0.05, 0) is 13.8 Å². The fourth-order valence-corrected chi connectivity index (χ4v) is 2.82. The minimum absolute atomic E-state index is 0. The van der Waals surface area contributed by atoms with Crippen LogP contribution in [-0.2, 0) is 18.9 Å². The van der Waals surface area contributed by atoms with Gasteiger partial charge in [0.05, 0.1) is 26.4 Å². The maximum absolute atomic E-state index is 9.69. The molecule has 0 aliphatic carbocycles. The van der Waals surface area contributed by atoms with Crippen molar-refractivity contribution in [3.63, 3.8) is 0 Å². The molecule has 0 unspecified atom stereocenters. The molecule has 0 radical (unpaired) electrons. The van der Waals surface area contributed by atoms with Crippen molar-refractivity contribution in [2.24, 2.45) is 0 Å². The van der Waals surface area contributed by atoms with Crippen LogP contribution in [-0.4, -0.2) is 124 Å². The van der Waals surface area contributed by atoms with Gasteiger partial charge in [0.2, 0.25) is 0 Å². The standard InChI is InChI=1S/C9H16O5.C6H12O5.CH4O.ClH/c1-9(2)13-4-6-8(14-9)7(11)5(10)3-12-6;7-1-4-6(10)5(9)3(8)2-11-4;1-2;/h5-8,10-11H,3-4H2,1-2H3;3-10H,1-2H2;2H,1H3;1H/t5-,6-,7-,8-;3-,4-,5-,6-;;/m11../s1. The Bertz CT molecular complexity index is 423. The molecule has 0 spiro atoms. The lowest BCUT2D eigenvalue weighted by Gasteiger charge is -2.46. The molecule has 0 aromatic rings. The fraction of sp³-hybridized carbons (Fsp3) is 1.00. The number of aliphatic hydroxyl groups is 7. The van der Waals surface area contributed by atoms with Gasteiger partial charge in [0.25, 0.3) is 0 Å². The number of aliphatic hydroxyl groups excluding tert-OH is 7. The van der Waals surface area contributed by atoms with Crippen LogP contribution in [0.1, 0.15) is 13.8 Å². The highest BCUT2D eigenvalue weighted by atomic mass is 35.5. The van der Waals surface area contributed by atoms with E-state index >= 15 is 0 Å². The van der Waals surface area contributed by atoms with E-state index < -0.39 is 48.5 Å². The molecule has 7 N–H and O–H groups in total. The van der Waals surface area contributed by atoms with Crippen LogP contribution in [0.5, 0.6) is 0 Å². The first kappa shape index (κ1) is 27.8. The second-order valence-corrected chi connectivity index (χ2v) is 6.83. The summed E-state index contributed by atoms with van der Waals surface area (Å²) in [5, 5.41) is 61.8. The molecule has 3 aliphatic rings. The molecule has 0 amide bonds. The summed E-state index contributed by atoms with van der Waals surface area (Å²) >= 11 is 0. The lowest BCUT2D eigenvalue weighted by Crippen LogP contribution is -2.61. The Morgan fingerprint density at radius 2 is 1.36 bits per heavy atom. The first-order valence-corrected chi connectivity index (χ1v) is 8.67. The molecule has 3 fully saturated rings. The smallest absolute Gasteiger partial charge is 0.163 e. The molecule has 8 atom stereocenters. The quantitative estimate of drug-likeness (QED) is 0.219. The first-order chi connectivity index (χ1) is 12.7. The Kier molecular flexibility index (Phi) is 12.5. The SMILES string of the molecule is CC1(C)OC[C@H]2OC[C@@H](O)[C@@H](O)[C@@H]2O1.CO.Cl.OC[C@H]1OC[C@@H](O)[C@@H](O)[C@@H]1O. The summed E-state index contributed by atoms with van der Waals surface area (Å²) < 4.78 is 21.0. The fourth-order valence-electron chi connectivity index (χ4n) is 2.82. The van der Waals surface area contributed by atoms with E-state index in [-0.39, 0.29) is 38.3 Å². The molecular formula is C16H33ClO11. The van der Waals surface area contributed by atoms with Gasteiger partial charge in [-0.15, -0.1) is 12.4 Å². The van der Waals surface area contributed by atoms with Crippen molar-refractivity contribution in [2.75, 3.05) is 33.5 Å². The summed E-state index contributed by atoms with van der Waals surface area (Å²) in [5.41, 5.74) is 0. The summed E-state index contributed by atoms with van der Waals surface area (Å²) in [5.74, 6) is -0.720. The van der Waals surface area contributed by atoms with Crippen LogP contribution in [0, 0.1) is 0 Å². The van der Waals surface area contributed by atoms with Crippen LogP contribution >= 0.6 is 12.4 Å². The van der Waals surface area contributed by atoms with Gasteiger partial charge in [-0.2, -0.15) is 0 Å². The number of ether oxygens (including phenoxy) is 4. The van der Waals surface area contributed by atoms with Crippen LogP contribution in [0.15, 0.2) is 0 Å². The van der Waals surface area contributed by atoms with Crippen LogP contribution in [0.2, 0.25) is 0 Å². The maximum atomic E-state index is 9.69. The van der Waals surface area contributed by atoms with Crippen molar-refractivity contribution < 1.29 is 54.7 Å². The first-order valence-electron chi connectivity index (χ1n) is 8.67. The van der Waals surface area contributed by atoms with Crippen molar-refractivity contribution in [1.29, 1.82) is 0 Å². The molecule has 3 heterocycles. The Morgan fingerprint density at radius 1 is 0.821 bits per heavy atom. The van der Waals surface area contributed by atoms with Gasteiger partial charge in [-0.1, -0.05) is 0 Å². The molecule has 170 valence electrons. The third kappa shape index (κ3) is 7.27. The molecule has 0 aromatic carbocycles. The Hall–Kier alpha value is -0.150. The third-order valence-corrected chi connectivity index (χ3v) is 4.38.